The van der Waals surface area contributed by atoms with Crippen LogP contribution >= 0.6 is 0 Å². The smallest absolute Gasteiger partial charge is 0.225 e. The second-order valence-corrected chi connectivity index (χ2v) is 7.89. The highest BCUT2D eigenvalue weighted by molar-refractivity contribution is 5.77. The van der Waals surface area contributed by atoms with Crippen LogP contribution in [0.25, 0.3) is 0 Å². The minimum absolute atomic E-state index is 0.0172. The molecule has 2 saturated heterocycles. The summed E-state index contributed by atoms with van der Waals surface area (Å²) in [6.45, 7) is 4.40. The molecule has 7 heteroatoms. The lowest BCUT2D eigenvalue weighted by molar-refractivity contribution is -0.134. The summed E-state index contributed by atoms with van der Waals surface area (Å²) in [7, 11) is 0. The monoisotopic (exact) mass is 401 g/mol. The summed E-state index contributed by atoms with van der Waals surface area (Å²) in [5.74, 6) is -0.262. The Hall–Kier alpha value is -2.54. The zero-order valence-corrected chi connectivity index (χ0v) is 16.5. The average molecular weight is 401 g/mol. The van der Waals surface area contributed by atoms with Crippen molar-refractivity contribution in [3.05, 3.63) is 59.3 Å². The van der Waals surface area contributed by atoms with Gasteiger partial charge in [-0.15, -0.1) is 0 Å². The number of anilines is 1. The summed E-state index contributed by atoms with van der Waals surface area (Å²) in [5.41, 5.74) is 1.25. The topological polar surface area (TPSA) is 45.7 Å². The number of ether oxygens (including phenoxy) is 1. The molecule has 1 aromatic heterocycles. The fourth-order valence-electron chi connectivity index (χ4n) is 4.18. The number of carbonyl (C=O) groups excluding carboxylic acids is 1. The van der Waals surface area contributed by atoms with Crippen molar-refractivity contribution in [2.75, 3.05) is 31.1 Å². The molecule has 2 aromatic rings. The summed E-state index contributed by atoms with van der Waals surface area (Å²) in [6.07, 6.45) is 3.16. The van der Waals surface area contributed by atoms with Crippen molar-refractivity contribution in [2.45, 2.75) is 38.3 Å². The molecule has 0 N–H and O–H groups in total. The van der Waals surface area contributed by atoms with Crippen LogP contribution in [-0.2, 0) is 16.1 Å². The van der Waals surface area contributed by atoms with Gasteiger partial charge in [0.15, 0.2) is 11.6 Å². The van der Waals surface area contributed by atoms with Gasteiger partial charge in [0.05, 0.1) is 18.6 Å². The number of hydrogen-bond acceptors (Lipinski definition) is 4. The Kier molecular flexibility index (Phi) is 5.50. The second kappa shape index (κ2) is 8.06. The highest BCUT2D eigenvalue weighted by Gasteiger charge is 2.41. The number of amides is 1. The van der Waals surface area contributed by atoms with Gasteiger partial charge in [0, 0.05) is 32.4 Å². The third-order valence-corrected chi connectivity index (χ3v) is 5.98. The first-order valence-electron chi connectivity index (χ1n) is 9.98. The molecule has 3 heterocycles. The minimum atomic E-state index is -0.523. The minimum Gasteiger partial charge on any atom is -0.372 e. The molecule has 0 unspecified atom stereocenters. The number of aromatic nitrogens is 1. The van der Waals surface area contributed by atoms with Crippen LogP contribution in [0.2, 0.25) is 0 Å². The molecule has 5 nitrogen and oxygen atoms in total. The van der Waals surface area contributed by atoms with E-state index in [4.69, 9.17) is 4.74 Å². The molecule has 0 bridgehead atoms. The van der Waals surface area contributed by atoms with E-state index in [0.29, 0.717) is 57.9 Å². The lowest BCUT2D eigenvalue weighted by Gasteiger charge is -2.41. The number of aryl methyl sites for hydroxylation is 1. The van der Waals surface area contributed by atoms with Crippen molar-refractivity contribution < 1.29 is 18.3 Å². The first-order valence-corrected chi connectivity index (χ1v) is 9.98. The molecule has 1 spiro atoms. The van der Waals surface area contributed by atoms with E-state index in [2.05, 4.69) is 4.98 Å². The molecular weight excluding hydrogens is 376 g/mol. The number of nitrogens with zero attached hydrogens (tertiary/aromatic N) is 3. The maximum Gasteiger partial charge on any atom is 0.225 e. The second-order valence-electron chi connectivity index (χ2n) is 7.89. The molecule has 0 radical (unpaired) electrons. The number of pyridine rings is 1. The summed E-state index contributed by atoms with van der Waals surface area (Å²) in [4.78, 5) is 20.8. The Labute approximate surface area is 169 Å². The molecule has 1 amide bonds. The van der Waals surface area contributed by atoms with Gasteiger partial charge in [0.25, 0.3) is 0 Å². The van der Waals surface area contributed by atoms with E-state index in [1.807, 2.05) is 11.8 Å². The quantitative estimate of drug-likeness (QED) is 0.790. The van der Waals surface area contributed by atoms with Gasteiger partial charge in [-0.05, 0) is 55.2 Å². The largest absolute Gasteiger partial charge is 0.372 e. The van der Waals surface area contributed by atoms with Gasteiger partial charge in [-0.2, -0.15) is 0 Å². The van der Waals surface area contributed by atoms with Crippen LogP contribution in [0.4, 0.5) is 14.6 Å². The van der Waals surface area contributed by atoms with Crippen molar-refractivity contribution in [3.8, 4) is 0 Å². The number of halogens is 2. The van der Waals surface area contributed by atoms with Crippen LogP contribution in [0.3, 0.4) is 0 Å². The van der Waals surface area contributed by atoms with E-state index in [-0.39, 0.29) is 17.5 Å². The van der Waals surface area contributed by atoms with Crippen LogP contribution in [0.5, 0.6) is 0 Å². The van der Waals surface area contributed by atoms with Crippen LogP contribution in [0.15, 0.2) is 36.5 Å². The van der Waals surface area contributed by atoms with Crippen molar-refractivity contribution in [1.29, 1.82) is 0 Å². The van der Waals surface area contributed by atoms with Gasteiger partial charge < -0.3 is 14.5 Å². The fourth-order valence-corrected chi connectivity index (χ4v) is 4.18. The fraction of sp³-hybridized carbons (Fsp3) is 0.455. The first kappa shape index (κ1) is 19.8. The van der Waals surface area contributed by atoms with Gasteiger partial charge in [-0.3, -0.25) is 4.79 Å². The van der Waals surface area contributed by atoms with Gasteiger partial charge in [0.1, 0.15) is 5.82 Å². The normalized spacial score (nSPS) is 19.5. The Morgan fingerprint density at radius 3 is 2.72 bits per heavy atom. The van der Waals surface area contributed by atoms with E-state index in [1.165, 1.54) is 18.2 Å². The van der Waals surface area contributed by atoms with Crippen LogP contribution in [-0.4, -0.2) is 47.6 Å². The SMILES string of the molecule is Cc1ccc(F)cc1CN1CCOC2(CCN(c3ncccc3F)CC2)CC1=O. The van der Waals surface area contributed by atoms with Crippen molar-refractivity contribution >= 4 is 11.7 Å². The lowest BCUT2D eigenvalue weighted by atomic mass is 9.87. The third kappa shape index (κ3) is 4.24. The maximum atomic E-state index is 14.0. The van der Waals surface area contributed by atoms with Crippen molar-refractivity contribution in [2.24, 2.45) is 0 Å². The maximum absolute atomic E-state index is 14.0. The highest BCUT2D eigenvalue weighted by atomic mass is 19.1. The molecule has 29 heavy (non-hydrogen) atoms. The van der Waals surface area contributed by atoms with Gasteiger partial charge in [-0.25, -0.2) is 13.8 Å². The van der Waals surface area contributed by atoms with Crippen LogP contribution in [0, 0.1) is 18.6 Å². The van der Waals surface area contributed by atoms with E-state index < -0.39 is 5.60 Å². The molecule has 2 fully saturated rings. The van der Waals surface area contributed by atoms with Gasteiger partial charge in [0.2, 0.25) is 5.91 Å². The molecule has 0 atom stereocenters. The lowest BCUT2D eigenvalue weighted by Crippen LogP contribution is -2.47. The van der Waals surface area contributed by atoms with Crippen LogP contribution < -0.4 is 4.90 Å². The molecule has 2 aliphatic rings. The van der Waals surface area contributed by atoms with E-state index >= 15 is 0 Å². The average Bonchev–Trinajstić information content (AvgIpc) is 2.85. The Morgan fingerprint density at radius 2 is 1.97 bits per heavy atom. The molecule has 4 rings (SSSR count). The number of benzene rings is 1. The number of hydrogen-bond donors (Lipinski definition) is 0. The highest BCUT2D eigenvalue weighted by Crippen LogP contribution is 2.34. The molecular formula is C22H25F2N3O2. The summed E-state index contributed by atoms with van der Waals surface area (Å²) in [6, 6.07) is 7.64. The summed E-state index contributed by atoms with van der Waals surface area (Å²) < 4.78 is 33.8. The molecule has 154 valence electrons. The van der Waals surface area contributed by atoms with E-state index in [0.717, 1.165) is 11.1 Å². The Bertz CT molecular complexity index is 897. The standard InChI is InChI=1S/C22H25F2N3O2/c1-16-4-5-18(23)13-17(16)15-27-11-12-29-22(14-20(27)28)6-9-26(10-7-22)21-19(24)3-2-8-25-21/h2-5,8,13H,6-7,9-12,14-15H2,1H3. The summed E-state index contributed by atoms with van der Waals surface area (Å²) in [5, 5.41) is 0. The number of carbonyl (C=O) groups is 1. The Morgan fingerprint density at radius 1 is 1.17 bits per heavy atom. The molecule has 0 saturated carbocycles. The van der Waals surface area contributed by atoms with Crippen molar-refractivity contribution in [1.82, 2.24) is 9.88 Å². The van der Waals surface area contributed by atoms with Crippen LogP contribution in [0.1, 0.15) is 30.4 Å². The van der Waals surface area contributed by atoms with Gasteiger partial charge >= 0.3 is 0 Å². The predicted octanol–water partition coefficient (Wildman–Crippen LogP) is 3.46. The first-order chi connectivity index (χ1) is 14.0. The molecule has 2 aliphatic heterocycles. The zero-order valence-electron chi connectivity index (χ0n) is 16.5. The van der Waals surface area contributed by atoms with Crippen molar-refractivity contribution in [3.63, 3.8) is 0 Å². The number of rotatable bonds is 3. The molecule has 1 aromatic carbocycles. The van der Waals surface area contributed by atoms with E-state index in [1.54, 1.807) is 23.2 Å². The zero-order chi connectivity index (χ0) is 20.4. The summed E-state index contributed by atoms with van der Waals surface area (Å²) >= 11 is 0. The number of piperidine rings is 1. The molecule has 0 aliphatic carbocycles. The van der Waals surface area contributed by atoms with Gasteiger partial charge in [-0.1, -0.05) is 6.07 Å². The van der Waals surface area contributed by atoms with E-state index in [9.17, 15) is 13.6 Å². The predicted molar refractivity (Wildman–Crippen MR) is 105 cm³/mol. The Balaban J connectivity index is 1.42. The third-order valence-electron chi connectivity index (χ3n) is 5.98.